The molecule has 1 atom stereocenters. The van der Waals surface area contributed by atoms with Crippen molar-refractivity contribution in [3.05, 3.63) is 0 Å². The van der Waals surface area contributed by atoms with Gasteiger partial charge in [-0.05, 0) is 12.8 Å². The number of guanidine groups is 1. The Bertz CT molecular complexity index is 327. The number of nitrogens with two attached hydrogens (primary N) is 2. The molecule has 0 unspecified atom stereocenters. The number of carboxylic acid groups (broad SMARTS) is 1. The van der Waals surface area contributed by atoms with Gasteiger partial charge in [0.25, 0.3) is 0 Å². The molecular weight excluding hydrogens is 293 g/mol. The Morgan fingerprint density at radius 3 is 2.15 bits per heavy atom. The van der Waals surface area contributed by atoms with E-state index >= 15 is 0 Å². The lowest BCUT2D eigenvalue weighted by Gasteiger charge is -2.13. The zero-order valence-corrected chi connectivity index (χ0v) is 11.7. The second-order valence-corrected chi connectivity index (χ2v) is 4.66. The van der Waals surface area contributed by atoms with Gasteiger partial charge in [-0.15, -0.1) is 0 Å². The van der Waals surface area contributed by atoms with Crippen LogP contribution < -0.4 is 22.1 Å². The molecule has 0 amide bonds. The van der Waals surface area contributed by atoms with E-state index in [4.69, 9.17) is 41.2 Å². The Labute approximate surface area is 116 Å². The molecule has 20 heavy (non-hydrogen) atoms. The molecule has 0 aromatic heterocycles. The zero-order chi connectivity index (χ0) is 16.2. The Balaban J connectivity index is 0. The Kier molecular flexibility index (Phi) is 12.2. The van der Waals surface area contributed by atoms with Crippen LogP contribution in [0.3, 0.4) is 0 Å². The zero-order valence-electron chi connectivity index (χ0n) is 10.8. The van der Waals surface area contributed by atoms with E-state index in [1.54, 1.807) is 0 Å². The van der Waals surface area contributed by atoms with Gasteiger partial charge in [0.2, 0.25) is 0 Å². The third kappa shape index (κ3) is 22.0. The molecule has 0 saturated heterocycles. The third-order valence-electron chi connectivity index (χ3n) is 1.82. The monoisotopic (exact) mass is 315 g/mol. The van der Waals surface area contributed by atoms with E-state index in [-0.39, 0.29) is 5.96 Å². The van der Waals surface area contributed by atoms with Crippen molar-refractivity contribution in [1.82, 2.24) is 10.6 Å². The van der Waals surface area contributed by atoms with E-state index < -0.39 is 19.8 Å². The van der Waals surface area contributed by atoms with Gasteiger partial charge in [-0.1, -0.05) is 0 Å². The van der Waals surface area contributed by atoms with Crippen molar-refractivity contribution in [3.63, 3.8) is 0 Å². The van der Waals surface area contributed by atoms with Crippen molar-refractivity contribution < 1.29 is 29.1 Å². The minimum Gasteiger partial charge on any atom is -0.480 e. The van der Waals surface area contributed by atoms with Gasteiger partial charge < -0.3 is 41.9 Å². The van der Waals surface area contributed by atoms with Crippen molar-refractivity contribution >= 4 is 19.8 Å². The number of hydrogen-bond donors (Lipinski definition) is 9. The van der Waals surface area contributed by atoms with Gasteiger partial charge in [-0.3, -0.25) is 10.2 Å². The van der Waals surface area contributed by atoms with E-state index in [1.807, 2.05) is 0 Å². The summed E-state index contributed by atoms with van der Waals surface area (Å²) in [6.45, 7) is 1.40. The highest BCUT2D eigenvalue weighted by Crippen LogP contribution is 2.25. The molecular formula is C8H22N5O6P. The summed E-state index contributed by atoms with van der Waals surface area (Å²) in [6, 6.07) is -0.581. The summed E-state index contributed by atoms with van der Waals surface area (Å²) in [5.41, 5.74) is 10.3. The molecule has 0 aliphatic rings. The number of hydrogen-bond acceptors (Lipinski definition) is 5. The fourth-order valence-electron chi connectivity index (χ4n) is 1.10. The number of carboxylic acids is 1. The minimum atomic E-state index is -4.64. The molecule has 0 aliphatic heterocycles. The van der Waals surface area contributed by atoms with Crippen LogP contribution in [0.4, 0.5) is 0 Å². The summed E-state index contributed by atoms with van der Waals surface area (Å²) < 4.78 is 8.88. The Hall–Kier alpha value is -1.23. The number of phosphoric acid groups is 1. The van der Waals surface area contributed by atoms with Crippen LogP contribution in [0.1, 0.15) is 12.8 Å². The predicted octanol–water partition coefficient (Wildman–Crippen LogP) is -2.68. The highest BCUT2D eigenvalue weighted by molar-refractivity contribution is 7.45. The molecule has 0 aromatic carbocycles. The maximum Gasteiger partial charge on any atom is 0.466 e. The second-order valence-electron chi connectivity index (χ2n) is 3.63. The first-order valence-electron chi connectivity index (χ1n) is 5.60. The minimum absolute atomic E-state index is 0.100. The Morgan fingerprint density at radius 2 is 1.80 bits per heavy atom. The SMILES string of the molecule is N=C(N)NCCC[C@H](NCCN)C(=O)O.O=P(O)(O)O. The summed E-state index contributed by atoms with van der Waals surface area (Å²) in [7, 11) is -4.64. The molecule has 0 radical (unpaired) electrons. The van der Waals surface area contributed by atoms with Crippen molar-refractivity contribution in [2.45, 2.75) is 18.9 Å². The van der Waals surface area contributed by atoms with Crippen LogP contribution in [-0.4, -0.2) is 57.4 Å². The standard InChI is InChI=1S/C8H19N5O2.H3O4P/c9-3-5-12-6(7(14)15)2-1-4-13-8(10)11;1-5(2,3)4/h6,12H,1-5,9H2,(H,14,15)(H4,10,11,13);(H3,1,2,3,4)/t6-;/m0./s1. The smallest absolute Gasteiger partial charge is 0.466 e. The van der Waals surface area contributed by atoms with Crippen LogP contribution in [0, 0.1) is 5.41 Å². The fourth-order valence-corrected chi connectivity index (χ4v) is 1.10. The highest BCUT2D eigenvalue weighted by Gasteiger charge is 2.15. The topological polar surface area (TPSA) is 215 Å². The first-order valence-corrected chi connectivity index (χ1v) is 7.17. The van der Waals surface area contributed by atoms with Crippen molar-refractivity contribution in [3.8, 4) is 0 Å². The van der Waals surface area contributed by atoms with E-state index in [0.717, 1.165) is 0 Å². The second kappa shape index (κ2) is 11.6. The molecule has 12 heteroatoms. The van der Waals surface area contributed by atoms with Gasteiger partial charge in [-0.2, -0.15) is 0 Å². The molecule has 11 N–H and O–H groups in total. The third-order valence-corrected chi connectivity index (χ3v) is 1.82. The molecule has 0 rings (SSSR count). The van der Waals surface area contributed by atoms with E-state index in [0.29, 0.717) is 32.5 Å². The largest absolute Gasteiger partial charge is 0.480 e. The van der Waals surface area contributed by atoms with Crippen LogP contribution in [-0.2, 0) is 9.36 Å². The lowest BCUT2D eigenvalue weighted by Crippen LogP contribution is -2.40. The summed E-state index contributed by atoms with van der Waals surface area (Å²) in [5, 5.41) is 21.1. The summed E-state index contributed by atoms with van der Waals surface area (Å²) in [4.78, 5) is 32.3. The van der Waals surface area contributed by atoms with Crippen LogP contribution in [0.2, 0.25) is 0 Å². The van der Waals surface area contributed by atoms with Gasteiger partial charge in [0.15, 0.2) is 5.96 Å². The molecule has 120 valence electrons. The van der Waals surface area contributed by atoms with Crippen molar-refractivity contribution in [2.24, 2.45) is 11.5 Å². The van der Waals surface area contributed by atoms with Gasteiger partial charge >= 0.3 is 13.8 Å². The van der Waals surface area contributed by atoms with Gasteiger partial charge in [0.05, 0.1) is 0 Å². The summed E-state index contributed by atoms with van der Waals surface area (Å²) in [5.74, 6) is -0.983. The van der Waals surface area contributed by atoms with Gasteiger partial charge in [0, 0.05) is 19.6 Å². The first kappa shape index (κ1) is 21.1. The van der Waals surface area contributed by atoms with E-state index in [1.165, 1.54) is 0 Å². The van der Waals surface area contributed by atoms with Gasteiger partial charge in [-0.25, -0.2) is 4.57 Å². The highest BCUT2D eigenvalue weighted by atomic mass is 31.2. The molecule has 0 fully saturated rings. The maximum atomic E-state index is 10.7. The van der Waals surface area contributed by atoms with Crippen LogP contribution in [0.5, 0.6) is 0 Å². The van der Waals surface area contributed by atoms with E-state index in [9.17, 15) is 4.79 Å². The van der Waals surface area contributed by atoms with E-state index in [2.05, 4.69) is 10.6 Å². The fraction of sp³-hybridized carbons (Fsp3) is 0.750. The lowest BCUT2D eigenvalue weighted by atomic mass is 10.1. The van der Waals surface area contributed by atoms with Crippen LogP contribution in [0.15, 0.2) is 0 Å². The molecule has 0 saturated carbocycles. The molecule has 11 nitrogen and oxygen atoms in total. The predicted molar refractivity (Wildman–Crippen MR) is 71.9 cm³/mol. The molecule has 0 aromatic rings. The Morgan fingerprint density at radius 1 is 1.30 bits per heavy atom. The number of rotatable bonds is 8. The average Bonchev–Trinajstić information content (AvgIpc) is 2.24. The molecule has 0 aliphatic carbocycles. The number of carbonyl (C=O) groups is 1. The normalized spacial score (nSPS) is 12.0. The maximum absolute atomic E-state index is 10.7. The van der Waals surface area contributed by atoms with Crippen molar-refractivity contribution in [1.29, 1.82) is 5.41 Å². The first-order chi connectivity index (χ1) is 9.07. The van der Waals surface area contributed by atoms with Gasteiger partial charge in [0.1, 0.15) is 6.04 Å². The number of aliphatic carboxylic acids is 1. The number of nitrogens with one attached hydrogen (secondary N) is 3. The quantitative estimate of drug-likeness (QED) is 0.0978. The lowest BCUT2D eigenvalue weighted by molar-refractivity contribution is -0.139. The summed E-state index contributed by atoms with van der Waals surface area (Å²) in [6.07, 6.45) is 1.11. The van der Waals surface area contributed by atoms with Crippen molar-refractivity contribution in [2.75, 3.05) is 19.6 Å². The van der Waals surface area contributed by atoms with Crippen LogP contribution in [0.25, 0.3) is 0 Å². The summed E-state index contributed by atoms with van der Waals surface area (Å²) >= 11 is 0. The molecule has 0 spiro atoms. The van der Waals surface area contributed by atoms with Crippen LogP contribution >= 0.6 is 7.82 Å². The average molecular weight is 315 g/mol. The molecule has 0 heterocycles. The molecule has 0 bridgehead atoms.